The van der Waals surface area contributed by atoms with E-state index in [9.17, 15) is 14.4 Å². The number of ether oxygens (including phenoxy) is 2. The maximum Gasteiger partial charge on any atom is 0.328 e. The molecule has 138 valence electrons. The largest absolute Gasteiger partial charge is 0.465 e. The minimum absolute atomic E-state index is 0.0706. The lowest BCUT2D eigenvalue weighted by Gasteiger charge is -2.20. The fourth-order valence-corrected chi connectivity index (χ4v) is 3.30. The van der Waals surface area contributed by atoms with Crippen molar-refractivity contribution in [2.24, 2.45) is 5.92 Å². The lowest BCUT2D eigenvalue weighted by atomic mass is 9.87. The molecule has 6 nitrogen and oxygen atoms in total. The Balaban J connectivity index is 2.37. The van der Waals surface area contributed by atoms with Gasteiger partial charge in [-0.2, -0.15) is 0 Å². The fraction of sp³-hybridized carbons (Fsp3) is 0.368. The number of rotatable bonds is 9. The van der Waals surface area contributed by atoms with Crippen LogP contribution in [0.5, 0.6) is 0 Å². The summed E-state index contributed by atoms with van der Waals surface area (Å²) in [5.74, 6) is -4.68. The molecule has 2 heterocycles. The van der Waals surface area contributed by atoms with Gasteiger partial charge in [-0.1, -0.05) is 12.1 Å². The summed E-state index contributed by atoms with van der Waals surface area (Å²) in [4.78, 5) is 42.9. The Bertz CT molecular complexity index is 712. The zero-order chi connectivity index (χ0) is 18.9. The molecular formula is C19H21NO5S. The summed E-state index contributed by atoms with van der Waals surface area (Å²) < 4.78 is 9.87. The van der Waals surface area contributed by atoms with Crippen LogP contribution in [0.2, 0.25) is 0 Å². The third kappa shape index (κ3) is 4.98. The minimum Gasteiger partial charge on any atom is -0.465 e. The molecule has 0 spiro atoms. The first-order valence-corrected chi connectivity index (χ1v) is 9.26. The molecule has 0 aliphatic carbocycles. The van der Waals surface area contributed by atoms with Crippen LogP contribution in [-0.2, 0) is 30.3 Å². The highest BCUT2D eigenvalue weighted by atomic mass is 32.1. The van der Waals surface area contributed by atoms with Crippen molar-refractivity contribution in [3.05, 3.63) is 52.5 Å². The molecule has 0 aliphatic rings. The van der Waals surface area contributed by atoms with Crippen LogP contribution in [-0.4, -0.2) is 35.9 Å². The van der Waals surface area contributed by atoms with Crippen molar-refractivity contribution in [2.45, 2.75) is 26.2 Å². The zero-order valence-electron chi connectivity index (χ0n) is 14.7. The van der Waals surface area contributed by atoms with E-state index in [0.29, 0.717) is 12.1 Å². The number of nitrogens with zero attached hydrogens (tertiary/aromatic N) is 1. The third-order valence-electron chi connectivity index (χ3n) is 3.70. The molecule has 2 aromatic heterocycles. The predicted octanol–water partition coefficient (Wildman–Crippen LogP) is 2.78. The van der Waals surface area contributed by atoms with Crippen molar-refractivity contribution in [3.8, 4) is 0 Å². The monoisotopic (exact) mass is 375 g/mol. The first kappa shape index (κ1) is 19.8. The zero-order valence-corrected chi connectivity index (χ0v) is 15.5. The van der Waals surface area contributed by atoms with E-state index in [-0.39, 0.29) is 13.2 Å². The fourth-order valence-electron chi connectivity index (χ4n) is 2.54. The molecule has 2 aromatic rings. The Morgan fingerprint density at radius 1 is 1.04 bits per heavy atom. The molecule has 0 amide bonds. The maximum atomic E-state index is 13.2. The van der Waals surface area contributed by atoms with Gasteiger partial charge < -0.3 is 9.47 Å². The molecule has 7 heteroatoms. The van der Waals surface area contributed by atoms with Gasteiger partial charge in [0.1, 0.15) is 0 Å². The highest BCUT2D eigenvalue weighted by molar-refractivity contribution is 7.09. The molecule has 0 saturated heterocycles. The molecule has 0 fully saturated rings. The Hall–Kier alpha value is -2.54. The number of carbonyl (C=O) groups excluding carboxylic acids is 3. The predicted molar refractivity (Wildman–Crippen MR) is 96.8 cm³/mol. The van der Waals surface area contributed by atoms with Gasteiger partial charge in [-0.15, -0.1) is 11.3 Å². The normalized spacial score (nSPS) is 11.8. The lowest BCUT2D eigenvalue weighted by Crippen LogP contribution is -2.38. The standard InChI is InChI=1S/C19H21NO5S/c1-3-24-18(22)16(19(23)25-4-2)17(21)14(12-13-8-7-11-26-13)15-9-5-6-10-20-15/h5-11,14,16H,3-4,12H2,1-2H3. The summed E-state index contributed by atoms with van der Waals surface area (Å²) in [5, 5.41) is 1.91. The SMILES string of the molecule is CCOC(=O)C(C(=O)OCC)C(=O)C(Cc1cccs1)c1ccccn1. The summed E-state index contributed by atoms with van der Waals surface area (Å²) in [6, 6.07) is 9.00. The van der Waals surface area contributed by atoms with Crippen LogP contribution >= 0.6 is 11.3 Å². The van der Waals surface area contributed by atoms with E-state index in [1.54, 1.807) is 38.2 Å². The van der Waals surface area contributed by atoms with Gasteiger partial charge in [0.05, 0.1) is 24.8 Å². The van der Waals surface area contributed by atoms with Crippen molar-refractivity contribution >= 4 is 29.1 Å². The number of esters is 2. The number of ketones is 1. The van der Waals surface area contributed by atoms with E-state index in [1.165, 1.54) is 11.3 Å². The molecule has 26 heavy (non-hydrogen) atoms. The van der Waals surface area contributed by atoms with Crippen LogP contribution in [0.15, 0.2) is 41.9 Å². The Morgan fingerprint density at radius 3 is 2.23 bits per heavy atom. The second kappa shape index (κ2) is 9.82. The second-order valence-corrected chi connectivity index (χ2v) is 6.46. The van der Waals surface area contributed by atoms with Crippen LogP contribution in [0, 0.1) is 5.92 Å². The summed E-state index contributed by atoms with van der Waals surface area (Å²) in [6.07, 6.45) is 1.93. The van der Waals surface area contributed by atoms with Gasteiger partial charge >= 0.3 is 11.9 Å². The number of thiophene rings is 1. The minimum atomic E-state index is -1.61. The van der Waals surface area contributed by atoms with Gasteiger partial charge in [-0.05, 0) is 43.8 Å². The van der Waals surface area contributed by atoms with Crippen LogP contribution in [0.3, 0.4) is 0 Å². The molecule has 0 radical (unpaired) electrons. The van der Waals surface area contributed by atoms with Crippen LogP contribution in [0.4, 0.5) is 0 Å². The van der Waals surface area contributed by atoms with E-state index < -0.39 is 29.6 Å². The number of pyridine rings is 1. The Morgan fingerprint density at radius 2 is 1.73 bits per heavy atom. The van der Waals surface area contributed by atoms with Gasteiger partial charge in [0.25, 0.3) is 0 Å². The number of aromatic nitrogens is 1. The van der Waals surface area contributed by atoms with Crippen LogP contribution in [0.25, 0.3) is 0 Å². The summed E-state index contributed by atoms with van der Waals surface area (Å²) in [7, 11) is 0. The number of carbonyl (C=O) groups is 3. The van der Waals surface area contributed by atoms with Crippen molar-refractivity contribution in [1.82, 2.24) is 4.98 Å². The third-order valence-corrected chi connectivity index (χ3v) is 4.60. The van der Waals surface area contributed by atoms with E-state index in [1.807, 2.05) is 17.5 Å². The van der Waals surface area contributed by atoms with E-state index in [2.05, 4.69) is 4.98 Å². The molecule has 1 atom stereocenters. The van der Waals surface area contributed by atoms with Gasteiger partial charge in [0, 0.05) is 11.1 Å². The van der Waals surface area contributed by atoms with Crippen molar-refractivity contribution in [1.29, 1.82) is 0 Å². The Labute approximate surface area is 156 Å². The van der Waals surface area contributed by atoms with Crippen molar-refractivity contribution < 1.29 is 23.9 Å². The van der Waals surface area contributed by atoms with Crippen molar-refractivity contribution in [3.63, 3.8) is 0 Å². The first-order valence-electron chi connectivity index (χ1n) is 8.38. The number of Topliss-reactive ketones (excluding diaryl/α,β-unsaturated/α-hetero) is 1. The van der Waals surface area contributed by atoms with Gasteiger partial charge in [0.2, 0.25) is 5.92 Å². The topological polar surface area (TPSA) is 82.6 Å². The van der Waals surface area contributed by atoms with Gasteiger partial charge in [0.15, 0.2) is 5.78 Å². The highest BCUT2D eigenvalue weighted by Gasteiger charge is 2.41. The number of hydrogen-bond acceptors (Lipinski definition) is 7. The smallest absolute Gasteiger partial charge is 0.328 e. The van der Waals surface area contributed by atoms with Crippen LogP contribution < -0.4 is 0 Å². The van der Waals surface area contributed by atoms with Gasteiger partial charge in [-0.3, -0.25) is 19.4 Å². The molecule has 0 saturated carbocycles. The highest BCUT2D eigenvalue weighted by Crippen LogP contribution is 2.27. The Kier molecular flexibility index (Phi) is 7.47. The maximum absolute atomic E-state index is 13.2. The molecule has 0 N–H and O–H groups in total. The number of hydrogen-bond donors (Lipinski definition) is 0. The van der Waals surface area contributed by atoms with Crippen LogP contribution in [0.1, 0.15) is 30.3 Å². The first-order chi connectivity index (χ1) is 12.6. The average Bonchev–Trinajstić information content (AvgIpc) is 3.14. The van der Waals surface area contributed by atoms with E-state index in [4.69, 9.17) is 9.47 Å². The molecule has 0 aromatic carbocycles. The summed E-state index contributed by atoms with van der Waals surface area (Å²) >= 11 is 1.50. The molecule has 0 bridgehead atoms. The van der Waals surface area contributed by atoms with Crippen molar-refractivity contribution in [2.75, 3.05) is 13.2 Å². The summed E-state index contributed by atoms with van der Waals surface area (Å²) in [6.45, 7) is 3.38. The quantitative estimate of drug-likeness (QED) is 0.495. The van der Waals surface area contributed by atoms with E-state index >= 15 is 0 Å². The molecule has 2 rings (SSSR count). The molecule has 1 unspecified atom stereocenters. The van der Waals surface area contributed by atoms with E-state index in [0.717, 1.165) is 4.88 Å². The molecular weight excluding hydrogens is 354 g/mol. The van der Waals surface area contributed by atoms with Gasteiger partial charge in [-0.25, -0.2) is 0 Å². The summed E-state index contributed by atoms with van der Waals surface area (Å²) in [5.41, 5.74) is 0.504. The average molecular weight is 375 g/mol. The lowest BCUT2D eigenvalue weighted by molar-refractivity contribution is -0.164. The molecule has 0 aliphatic heterocycles. The second-order valence-electron chi connectivity index (χ2n) is 5.43.